The molecule has 0 saturated heterocycles. The van der Waals surface area contributed by atoms with Crippen molar-refractivity contribution in [2.45, 2.75) is 25.4 Å². The summed E-state index contributed by atoms with van der Waals surface area (Å²) < 4.78 is 10.5. The first-order chi connectivity index (χ1) is 9.81. The van der Waals surface area contributed by atoms with Crippen molar-refractivity contribution in [2.75, 3.05) is 39.5 Å². The Morgan fingerprint density at radius 3 is 2.90 bits per heavy atom. The molecule has 0 radical (unpaired) electrons. The Bertz CT molecular complexity index is 397. The van der Waals surface area contributed by atoms with Gasteiger partial charge in [-0.25, -0.2) is 0 Å². The third kappa shape index (κ3) is 4.56. The van der Waals surface area contributed by atoms with Crippen molar-refractivity contribution >= 4 is 0 Å². The molecule has 0 amide bonds. The maximum absolute atomic E-state index is 9.78. The van der Waals surface area contributed by atoms with Gasteiger partial charge >= 0.3 is 0 Å². The maximum atomic E-state index is 9.78. The predicted octanol–water partition coefficient (Wildman–Crippen LogP) is 1.33. The monoisotopic (exact) mass is 279 g/mol. The van der Waals surface area contributed by atoms with Crippen LogP contribution in [0.4, 0.5) is 0 Å². The second kappa shape index (κ2) is 8.37. The van der Waals surface area contributed by atoms with E-state index in [-0.39, 0.29) is 0 Å². The molecule has 0 bridgehead atoms. The molecular formula is C16H25NO3. The van der Waals surface area contributed by atoms with Gasteiger partial charge in [-0.05, 0) is 24.5 Å². The molecule has 1 aromatic carbocycles. The number of benzene rings is 1. The number of hydrogen-bond donors (Lipinski definition) is 2. The van der Waals surface area contributed by atoms with Gasteiger partial charge in [0.1, 0.15) is 0 Å². The molecule has 0 fully saturated rings. The summed E-state index contributed by atoms with van der Waals surface area (Å²) in [4.78, 5) is 0. The molecule has 2 atom stereocenters. The molecule has 0 heterocycles. The normalized spacial score (nSPS) is 18.4. The minimum absolute atomic E-state index is 0.362. The highest BCUT2D eigenvalue weighted by Gasteiger charge is 2.24. The molecular weight excluding hydrogens is 254 g/mol. The zero-order chi connectivity index (χ0) is 14.2. The molecule has 0 aliphatic heterocycles. The molecule has 0 aromatic heterocycles. The Morgan fingerprint density at radius 1 is 1.30 bits per heavy atom. The van der Waals surface area contributed by atoms with Gasteiger partial charge < -0.3 is 19.9 Å². The molecule has 2 N–H and O–H groups in total. The fourth-order valence-corrected chi connectivity index (χ4v) is 2.51. The van der Waals surface area contributed by atoms with E-state index in [0.717, 1.165) is 13.0 Å². The minimum Gasteiger partial charge on any atom is -0.389 e. The summed E-state index contributed by atoms with van der Waals surface area (Å²) in [6.45, 7) is 5.66. The van der Waals surface area contributed by atoms with E-state index < -0.39 is 6.10 Å². The highest BCUT2D eigenvalue weighted by atomic mass is 16.5. The van der Waals surface area contributed by atoms with Gasteiger partial charge in [-0.15, -0.1) is 0 Å². The smallest absolute Gasteiger partial charge is 0.0897 e. The van der Waals surface area contributed by atoms with E-state index in [1.54, 1.807) is 0 Å². The van der Waals surface area contributed by atoms with Crippen molar-refractivity contribution in [1.29, 1.82) is 0 Å². The van der Waals surface area contributed by atoms with Crippen LogP contribution >= 0.6 is 0 Å². The van der Waals surface area contributed by atoms with Crippen molar-refractivity contribution < 1.29 is 14.6 Å². The van der Waals surface area contributed by atoms with E-state index in [0.29, 0.717) is 38.9 Å². The van der Waals surface area contributed by atoms with Crippen LogP contribution in [0.3, 0.4) is 0 Å². The van der Waals surface area contributed by atoms with Gasteiger partial charge in [0.2, 0.25) is 0 Å². The Balaban J connectivity index is 1.51. The molecule has 1 aliphatic carbocycles. The van der Waals surface area contributed by atoms with Gasteiger partial charge in [0, 0.05) is 25.6 Å². The summed E-state index contributed by atoms with van der Waals surface area (Å²) >= 11 is 0. The average molecular weight is 279 g/mol. The summed E-state index contributed by atoms with van der Waals surface area (Å²) in [6.07, 6.45) is 0.691. The second-order valence-electron chi connectivity index (χ2n) is 5.18. The third-order valence-electron chi connectivity index (χ3n) is 3.62. The Morgan fingerprint density at radius 2 is 2.10 bits per heavy atom. The van der Waals surface area contributed by atoms with Crippen LogP contribution in [0, 0.1) is 0 Å². The number of fused-ring (bicyclic) bond motifs is 1. The average Bonchev–Trinajstić information content (AvgIpc) is 2.43. The largest absolute Gasteiger partial charge is 0.389 e. The molecule has 4 nitrogen and oxygen atoms in total. The lowest BCUT2D eigenvalue weighted by atomic mass is 9.77. The van der Waals surface area contributed by atoms with Gasteiger partial charge in [-0.3, -0.25) is 0 Å². The summed E-state index contributed by atoms with van der Waals surface area (Å²) in [5, 5.41) is 13.1. The van der Waals surface area contributed by atoms with Gasteiger partial charge in [0.25, 0.3) is 0 Å². The topological polar surface area (TPSA) is 50.7 Å². The van der Waals surface area contributed by atoms with E-state index in [9.17, 15) is 5.11 Å². The Kier molecular flexibility index (Phi) is 6.47. The zero-order valence-corrected chi connectivity index (χ0v) is 12.2. The lowest BCUT2D eigenvalue weighted by Crippen LogP contribution is -2.35. The number of hydrogen-bond acceptors (Lipinski definition) is 4. The van der Waals surface area contributed by atoms with Gasteiger partial charge in [0.15, 0.2) is 0 Å². The number of nitrogens with one attached hydrogen (secondary N) is 1. The van der Waals surface area contributed by atoms with Crippen LogP contribution in [0.25, 0.3) is 0 Å². The van der Waals surface area contributed by atoms with Crippen LogP contribution in [0.1, 0.15) is 24.0 Å². The van der Waals surface area contributed by atoms with Crippen LogP contribution in [0.2, 0.25) is 0 Å². The maximum Gasteiger partial charge on any atom is 0.0897 e. The molecule has 1 aliphatic rings. The van der Waals surface area contributed by atoms with Crippen LogP contribution in [-0.4, -0.2) is 50.7 Å². The van der Waals surface area contributed by atoms with Gasteiger partial charge in [-0.1, -0.05) is 24.3 Å². The summed E-state index contributed by atoms with van der Waals surface area (Å²) in [6, 6.07) is 8.56. The zero-order valence-electron chi connectivity index (χ0n) is 12.2. The van der Waals surface area contributed by atoms with Crippen LogP contribution in [0.15, 0.2) is 24.3 Å². The van der Waals surface area contributed by atoms with E-state index in [2.05, 4.69) is 29.6 Å². The Hall–Kier alpha value is -0.940. The number of aliphatic hydroxyl groups is 1. The second-order valence-corrected chi connectivity index (χ2v) is 5.18. The van der Waals surface area contributed by atoms with Crippen molar-refractivity contribution in [3.8, 4) is 0 Å². The van der Waals surface area contributed by atoms with Crippen molar-refractivity contribution in [3.63, 3.8) is 0 Å². The standard InChI is InChI=1S/C16H25NO3/c1-2-19-7-8-20-12-15(18)11-17-10-14-9-13-5-3-4-6-16(13)14/h3-6,14-15,17-18H,2,7-12H2,1H3. The van der Waals surface area contributed by atoms with E-state index >= 15 is 0 Å². The van der Waals surface area contributed by atoms with E-state index in [4.69, 9.17) is 9.47 Å². The van der Waals surface area contributed by atoms with Gasteiger partial charge in [-0.2, -0.15) is 0 Å². The molecule has 2 rings (SSSR count). The molecule has 1 aromatic rings. The number of rotatable bonds is 10. The summed E-state index contributed by atoms with van der Waals surface area (Å²) in [7, 11) is 0. The van der Waals surface area contributed by atoms with Crippen molar-refractivity contribution in [3.05, 3.63) is 35.4 Å². The first kappa shape index (κ1) is 15.4. The van der Waals surface area contributed by atoms with E-state index in [1.165, 1.54) is 11.1 Å². The molecule has 20 heavy (non-hydrogen) atoms. The quantitative estimate of drug-likeness (QED) is 0.634. The minimum atomic E-state index is -0.452. The van der Waals surface area contributed by atoms with Crippen LogP contribution < -0.4 is 5.32 Å². The fourth-order valence-electron chi connectivity index (χ4n) is 2.51. The van der Waals surface area contributed by atoms with Crippen LogP contribution in [0.5, 0.6) is 0 Å². The lowest BCUT2D eigenvalue weighted by molar-refractivity contribution is 0.00643. The molecule has 0 saturated carbocycles. The highest BCUT2D eigenvalue weighted by molar-refractivity contribution is 5.40. The van der Waals surface area contributed by atoms with Gasteiger partial charge in [0.05, 0.1) is 25.9 Å². The molecule has 2 unspecified atom stereocenters. The SMILES string of the molecule is CCOCCOCC(O)CNCC1Cc2ccccc21. The number of ether oxygens (including phenoxy) is 2. The summed E-state index contributed by atoms with van der Waals surface area (Å²) in [5.41, 5.74) is 2.90. The predicted molar refractivity (Wildman–Crippen MR) is 79.1 cm³/mol. The molecule has 0 spiro atoms. The molecule has 4 heteroatoms. The highest BCUT2D eigenvalue weighted by Crippen LogP contribution is 2.33. The third-order valence-corrected chi connectivity index (χ3v) is 3.62. The fraction of sp³-hybridized carbons (Fsp3) is 0.625. The molecule has 112 valence electrons. The van der Waals surface area contributed by atoms with Crippen molar-refractivity contribution in [1.82, 2.24) is 5.32 Å². The number of aliphatic hydroxyl groups excluding tert-OH is 1. The summed E-state index contributed by atoms with van der Waals surface area (Å²) in [5.74, 6) is 0.595. The van der Waals surface area contributed by atoms with E-state index in [1.807, 2.05) is 6.92 Å². The first-order valence-corrected chi connectivity index (χ1v) is 7.43. The first-order valence-electron chi connectivity index (χ1n) is 7.43. The van der Waals surface area contributed by atoms with Crippen molar-refractivity contribution in [2.24, 2.45) is 0 Å². The van der Waals surface area contributed by atoms with Crippen LogP contribution in [-0.2, 0) is 15.9 Å². The Labute approximate surface area is 121 Å². The lowest BCUT2D eigenvalue weighted by Gasteiger charge is -2.30.